The largest absolute Gasteiger partial charge is 0.395 e. The Morgan fingerprint density at radius 2 is 2.17 bits per heavy atom. The summed E-state index contributed by atoms with van der Waals surface area (Å²) in [6.45, 7) is 1.57. The van der Waals surface area contributed by atoms with Crippen molar-refractivity contribution in [3.63, 3.8) is 0 Å². The number of aliphatic hydroxyl groups is 1. The van der Waals surface area contributed by atoms with E-state index in [9.17, 15) is 9.59 Å². The molecule has 0 radical (unpaired) electrons. The average Bonchev–Trinajstić information content (AvgIpc) is 3.15. The van der Waals surface area contributed by atoms with Crippen molar-refractivity contribution >= 4 is 17.5 Å². The van der Waals surface area contributed by atoms with E-state index in [1.807, 2.05) is 19.1 Å². The van der Waals surface area contributed by atoms with Crippen molar-refractivity contribution in [3.05, 3.63) is 35.5 Å². The number of benzene rings is 1. The Morgan fingerprint density at radius 3 is 2.87 bits per heavy atom. The Bertz CT molecular complexity index is 784. The quantitative estimate of drug-likeness (QED) is 0.654. The Morgan fingerprint density at radius 1 is 1.35 bits per heavy atom. The lowest BCUT2D eigenvalue weighted by Gasteiger charge is -2.14. The van der Waals surface area contributed by atoms with Crippen LogP contribution in [0.1, 0.15) is 5.56 Å². The van der Waals surface area contributed by atoms with Crippen LogP contribution in [-0.4, -0.2) is 55.6 Å². The van der Waals surface area contributed by atoms with E-state index >= 15 is 0 Å². The summed E-state index contributed by atoms with van der Waals surface area (Å²) in [6, 6.07) is 5.45. The summed E-state index contributed by atoms with van der Waals surface area (Å²) < 4.78 is 0. The van der Waals surface area contributed by atoms with Crippen molar-refractivity contribution in [1.82, 2.24) is 25.5 Å². The molecular weight excluding hydrogens is 300 g/mol. The number of aromatic amines is 1. The number of H-pyrrole nitrogens is 1. The van der Waals surface area contributed by atoms with E-state index in [1.54, 1.807) is 6.07 Å². The van der Waals surface area contributed by atoms with Crippen LogP contribution in [0.25, 0.3) is 11.4 Å². The molecule has 0 saturated heterocycles. The molecule has 9 heteroatoms. The molecule has 3 rings (SSSR count). The van der Waals surface area contributed by atoms with Crippen LogP contribution in [0, 0.1) is 6.92 Å². The fourth-order valence-corrected chi connectivity index (χ4v) is 2.23. The van der Waals surface area contributed by atoms with Gasteiger partial charge in [-0.15, -0.1) is 10.2 Å². The molecule has 2 aromatic rings. The zero-order valence-electron chi connectivity index (χ0n) is 12.3. The number of imide groups is 1. The van der Waals surface area contributed by atoms with E-state index in [2.05, 4.69) is 25.9 Å². The highest BCUT2D eigenvalue weighted by Crippen LogP contribution is 2.25. The minimum absolute atomic E-state index is 0.0266. The smallest absolute Gasteiger partial charge is 0.277 e. The molecule has 0 spiro atoms. The van der Waals surface area contributed by atoms with Gasteiger partial charge >= 0.3 is 0 Å². The number of anilines is 1. The molecule has 2 amide bonds. The van der Waals surface area contributed by atoms with E-state index in [4.69, 9.17) is 5.11 Å². The molecule has 1 aliphatic rings. The van der Waals surface area contributed by atoms with Crippen LogP contribution in [0.3, 0.4) is 0 Å². The summed E-state index contributed by atoms with van der Waals surface area (Å²) in [4.78, 5) is 24.9. The first-order valence-corrected chi connectivity index (χ1v) is 6.90. The molecule has 0 fully saturated rings. The molecule has 0 unspecified atom stereocenters. The van der Waals surface area contributed by atoms with Crippen LogP contribution in [0.15, 0.2) is 30.0 Å². The zero-order chi connectivity index (χ0) is 16.4. The molecule has 23 heavy (non-hydrogen) atoms. The third-order valence-corrected chi connectivity index (χ3v) is 3.44. The molecule has 3 N–H and O–H groups in total. The lowest BCUT2D eigenvalue weighted by molar-refractivity contribution is -0.137. The van der Waals surface area contributed by atoms with E-state index in [1.165, 1.54) is 6.08 Å². The van der Waals surface area contributed by atoms with Gasteiger partial charge in [0.2, 0.25) is 5.82 Å². The number of nitrogens with zero attached hydrogens (tertiary/aromatic N) is 4. The van der Waals surface area contributed by atoms with Crippen LogP contribution >= 0.6 is 0 Å². The van der Waals surface area contributed by atoms with Gasteiger partial charge in [-0.05, 0) is 23.8 Å². The Kier molecular flexibility index (Phi) is 3.85. The van der Waals surface area contributed by atoms with Gasteiger partial charge in [0.15, 0.2) is 0 Å². The minimum atomic E-state index is -0.464. The second-order valence-electron chi connectivity index (χ2n) is 4.97. The molecule has 1 aromatic heterocycles. The van der Waals surface area contributed by atoms with Gasteiger partial charge in [0.1, 0.15) is 5.70 Å². The van der Waals surface area contributed by atoms with Gasteiger partial charge in [-0.25, -0.2) is 0 Å². The number of β-amino-alcohol motifs (C(OH)–C–C–N with tert-alkyl or cyclic N) is 1. The monoisotopic (exact) mass is 314 g/mol. The highest BCUT2D eigenvalue weighted by molar-refractivity contribution is 6.17. The first-order chi connectivity index (χ1) is 11.1. The minimum Gasteiger partial charge on any atom is -0.395 e. The second kappa shape index (κ2) is 5.97. The first-order valence-electron chi connectivity index (χ1n) is 6.90. The maximum Gasteiger partial charge on any atom is 0.277 e. The van der Waals surface area contributed by atoms with E-state index in [-0.39, 0.29) is 18.8 Å². The van der Waals surface area contributed by atoms with E-state index < -0.39 is 11.8 Å². The van der Waals surface area contributed by atoms with Gasteiger partial charge in [0, 0.05) is 17.3 Å². The molecule has 9 nitrogen and oxygen atoms in total. The Balaban J connectivity index is 1.86. The van der Waals surface area contributed by atoms with Crippen molar-refractivity contribution in [1.29, 1.82) is 0 Å². The molecule has 0 saturated carbocycles. The lowest BCUT2D eigenvalue weighted by atomic mass is 10.1. The standard InChI is InChI=1S/C14H14N6O3/c1-8-2-3-9(13-16-18-19-17-13)6-10(8)15-11-7-12(22)20(4-5-21)14(11)23/h2-3,6-7,15,21H,4-5H2,1H3,(H,16,17,18,19). The fraction of sp³-hybridized carbons (Fsp3) is 0.214. The van der Waals surface area contributed by atoms with Gasteiger partial charge in [0.05, 0.1) is 13.2 Å². The van der Waals surface area contributed by atoms with Gasteiger partial charge in [-0.3, -0.25) is 14.5 Å². The Labute approximate surface area is 131 Å². The van der Waals surface area contributed by atoms with Crippen LogP contribution in [0.4, 0.5) is 5.69 Å². The number of rotatable bonds is 5. The first kappa shape index (κ1) is 14.9. The molecule has 0 aliphatic carbocycles. The normalized spacial score (nSPS) is 14.3. The predicted molar refractivity (Wildman–Crippen MR) is 79.9 cm³/mol. The van der Waals surface area contributed by atoms with E-state index in [0.29, 0.717) is 11.5 Å². The van der Waals surface area contributed by atoms with Crippen molar-refractivity contribution in [2.45, 2.75) is 6.92 Å². The molecule has 1 aliphatic heterocycles. The number of amides is 2. The van der Waals surface area contributed by atoms with Crippen molar-refractivity contribution in [2.24, 2.45) is 0 Å². The number of aryl methyl sites for hydroxylation is 1. The van der Waals surface area contributed by atoms with Crippen molar-refractivity contribution in [3.8, 4) is 11.4 Å². The second-order valence-corrected chi connectivity index (χ2v) is 4.97. The summed E-state index contributed by atoms with van der Waals surface area (Å²) in [7, 11) is 0. The molecule has 118 valence electrons. The predicted octanol–water partition coefficient (Wildman–Crippen LogP) is -0.168. The third-order valence-electron chi connectivity index (χ3n) is 3.44. The summed E-state index contributed by atoms with van der Waals surface area (Å²) in [5.41, 5.74) is 2.43. The SMILES string of the molecule is Cc1ccc(-c2nn[nH]n2)cc1NC1=CC(=O)N(CCO)C1=O. The number of hydrogen-bond acceptors (Lipinski definition) is 7. The van der Waals surface area contributed by atoms with Gasteiger partial charge in [0.25, 0.3) is 11.8 Å². The summed E-state index contributed by atoms with van der Waals surface area (Å²) in [5.74, 6) is -0.482. The number of aliphatic hydroxyl groups excluding tert-OH is 1. The van der Waals surface area contributed by atoms with Crippen LogP contribution in [0.2, 0.25) is 0 Å². The van der Waals surface area contributed by atoms with Crippen LogP contribution in [0.5, 0.6) is 0 Å². The maximum absolute atomic E-state index is 12.2. The van der Waals surface area contributed by atoms with E-state index in [0.717, 1.165) is 16.0 Å². The molecule has 0 atom stereocenters. The highest BCUT2D eigenvalue weighted by Gasteiger charge is 2.30. The zero-order valence-corrected chi connectivity index (χ0v) is 12.3. The number of nitrogens with one attached hydrogen (secondary N) is 2. The third kappa shape index (κ3) is 2.81. The number of carbonyl (C=O) groups is 2. The summed E-state index contributed by atoms with van der Waals surface area (Å²) in [6.07, 6.45) is 1.22. The molecule has 0 bridgehead atoms. The highest BCUT2D eigenvalue weighted by atomic mass is 16.3. The fourth-order valence-electron chi connectivity index (χ4n) is 2.23. The van der Waals surface area contributed by atoms with Gasteiger partial charge in [-0.1, -0.05) is 12.1 Å². The van der Waals surface area contributed by atoms with Crippen molar-refractivity contribution in [2.75, 3.05) is 18.5 Å². The number of aromatic nitrogens is 4. The van der Waals surface area contributed by atoms with Crippen LogP contribution < -0.4 is 5.32 Å². The summed E-state index contributed by atoms with van der Waals surface area (Å²) >= 11 is 0. The average molecular weight is 314 g/mol. The Hall–Kier alpha value is -3.07. The maximum atomic E-state index is 12.2. The van der Waals surface area contributed by atoms with Gasteiger partial charge in [-0.2, -0.15) is 5.21 Å². The van der Waals surface area contributed by atoms with Crippen LogP contribution in [-0.2, 0) is 9.59 Å². The number of tetrazole rings is 1. The van der Waals surface area contributed by atoms with Gasteiger partial charge < -0.3 is 10.4 Å². The molecular formula is C14H14N6O3. The van der Waals surface area contributed by atoms with Crippen molar-refractivity contribution < 1.29 is 14.7 Å². The number of carbonyl (C=O) groups excluding carboxylic acids is 2. The lowest BCUT2D eigenvalue weighted by Crippen LogP contribution is -2.34. The topological polar surface area (TPSA) is 124 Å². The molecule has 1 aromatic carbocycles. The summed E-state index contributed by atoms with van der Waals surface area (Å²) in [5, 5.41) is 25.6. The number of hydrogen-bond donors (Lipinski definition) is 3. The molecule has 2 heterocycles.